The second kappa shape index (κ2) is 8.51. The average molecular weight is 364 g/mol. The Balaban J connectivity index is 1.79. The molecule has 0 aliphatic heterocycles. The molecular weight excluding hydrogens is 345 g/mol. The molecule has 4 nitrogen and oxygen atoms in total. The smallest absolute Gasteiger partial charge is 0.344 e. The lowest BCUT2D eigenvalue weighted by atomic mass is 10.1. The monoisotopic (exact) mass is 364 g/mol. The maximum absolute atomic E-state index is 12.1. The van der Waals surface area contributed by atoms with Gasteiger partial charge in [0.25, 0.3) is 0 Å². The van der Waals surface area contributed by atoms with E-state index in [-0.39, 0.29) is 12.5 Å². The number of anilines is 1. The zero-order valence-corrected chi connectivity index (χ0v) is 14.2. The summed E-state index contributed by atoms with van der Waals surface area (Å²) >= 11 is 0. The van der Waals surface area contributed by atoms with Crippen molar-refractivity contribution in [2.45, 2.75) is 32.5 Å². The fraction of sp³-hybridized carbons (Fsp3) is 0.263. The second-order valence-electron chi connectivity index (χ2n) is 5.91. The first-order chi connectivity index (χ1) is 12.2. The Morgan fingerprint density at radius 1 is 0.923 bits per heavy atom. The molecule has 2 aromatic rings. The topological polar surface area (TPSA) is 58.2 Å². The van der Waals surface area contributed by atoms with E-state index < -0.39 is 12.1 Å². The van der Waals surface area contributed by atoms with E-state index in [4.69, 9.17) is 0 Å². The number of rotatable bonds is 6. The summed E-state index contributed by atoms with van der Waals surface area (Å²) in [7, 11) is 0. The van der Waals surface area contributed by atoms with Crippen molar-refractivity contribution in [2.24, 2.45) is 0 Å². The van der Waals surface area contributed by atoms with E-state index in [1.807, 2.05) is 31.2 Å². The van der Waals surface area contributed by atoms with Gasteiger partial charge in [0, 0.05) is 18.7 Å². The predicted molar refractivity (Wildman–Crippen MR) is 92.5 cm³/mol. The molecule has 0 saturated carbocycles. The van der Waals surface area contributed by atoms with Crippen molar-refractivity contribution in [1.82, 2.24) is 5.32 Å². The number of hydrogen-bond acceptors (Lipinski definition) is 2. The third-order valence-corrected chi connectivity index (χ3v) is 3.71. The van der Waals surface area contributed by atoms with Gasteiger partial charge in [-0.3, -0.25) is 9.59 Å². The average Bonchev–Trinajstić information content (AvgIpc) is 2.59. The molecule has 0 spiro atoms. The van der Waals surface area contributed by atoms with E-state index in [0.29, 0.717) is 24.1 Å². The molecule has 0 fully saturated rings. The summed E-state index contributed by atoms with van der Waals surface area (Å²) in [6, 6.07) is 14.2. The first kappa shape index (κ1) is 19.5. The summed E-state index contributed by atoms with van der Waals surface area (Å²) in [4.78, 5) is 22.7. The summed E-state index contributed by atoms with van der Waals surface area (Å²) in [5.41, 5.74) is 3.27. The fourth-order valence-corrected chi connectivity index (χ4v) is 2.22. The van der Waals surface area contributed by atoms with Gasteiger partial charge in [-0.2, -0.15) is 13.2 Å². The molecule has 2 aromatic carbocycles. The zero-order chi connectivity index (χ0) is 19.2. The minimum Gasteiger partial charge on any atom is -0.344 e. The van der Waals surface area contributed by atoms with Gasteiger partial charge in [-0.15, -0.1) is 0 Å². The van der Waals surface area contributed by atoms with Gasteiger partial charge < -0.3 is 10.6 Å². The van der Waals surface area contributed by atoms with Crippen LogP contribution < -0.4 is 10.6 Å². The molecule has 2 amide bonds. The lowest BCUT2D eigenvalue weighted by molar-refractivity contribution is -0.173. The number of amides is 2. The standard InChI is InChI=1S/C19H19F3N2O2/c1-13-2-4-14(5-3-13)8-11-17(25)24-16-9-6-15(7-10-16)12-23-18(26)19(20,21)22/h2-7,9-10H,8,11-12H2,1H3,(H,23,26)(H,24,25). The molecule has 0 atom stereocenters. The van der Waals surface area contributed by atoms with Crippen molar-refractivity contribution >= 4 is 17.5 Å². The summed E-state index contributed by atoms with van der Waals surface area (Å²) < 4.78 is 36.3. The summed E-state index contributed by atoms with van der Waals surface area (Å²) in [5.74, 6) is -2.13. The van der Waals surface area contributed by atoms with Crippen LogP contribution in [-0.2, 0) is 22.6 Å². The molecule has 2 rings (SSSR count). The Morgan fingerprint density at radius 3 is 2.08 bits per heavy atom. The number of nitrogens with one attached hydrogen (secondary N) is 2. The Labute approximate surface area is 149 Å². The Morgan fingerprint density at radius 2 is 1.50 bits per heavy atom. The molecule has 0 aliphatic carbocycles. The molecule has 7 heteroatoms. The lowest BCUT2D eigenvalue weighted by Gasteiger charge is -2.09. The molecule has 0 radical (unpaired) electrons. The molecule has 0 aromatic heterocycles. The Hall–Kier alpha value is -2.83. The Bertz CT molecular complexity index is 754. The van der Waals surface area contributed by atoms with Crippen molar-refractivity contribution in [3.05, 3.63) is 65.2 Å². The highest BCUT2D eigenvalue weighted by atomic mass is 19.4. The van der Waals surface area contributed by atoms with E-state index in [0.717, 1.165) is 11.1 Å². The van der Waals surface area contributed by atoms with Crippen molar-refractivity contribution in [1.29, 1.82) is 0 Å². The third kappa shape index (κ3) is 6.23. The van der Waals surface area contributed by atoms with Crippen molar-refractivity contribution < 1.29 is 22.8 Å². The number of hydrogen-bond donors (Lipinski definition) is 2. The van der Waals surface area contributed by atoms with Crippen LogP contribution in [0.1, 0.15) is 23.1 Å². The van der Waals surface area contributed by atoms with Crippen molar-refractivity contribution in [3.63, 3.8) is 0 Å². The van der Waals surface area contributed by atoms with Crippen LogP contribution in [0.15, 0.2) is 48.5 Å². The van der Waals surface area contributed by atoms with E-state index in [1.54, 1.807) is 29.6 Å². The largest absolute Gasteiger partial charge is 0.471 e. The van der Waals surface area contributed by atoms with E-state index in [2.05, 4.69) is 5.32 Å². The highest BCUT2D eigenvalue weighted by Crippen LogP contribution is 2.15. The van der Waals surface area contributed by atoms with Gasteiger partial charge in [0.05, 0.1) is 0 Å². The van der Waals surface area contributed by atoms with Gasteiger partial charge in [0.2, 0.25) is 5.91 Å². The number of alkyl halides is 3. The van der Waals surface area contributed by atoms with Gasteiger partial charge in [-0.25, -0.2) is 0 Å². The van der Waals surface area contributed by atoms with Crippen molar-refractivity contribution in [2.75, 3.05) is 5.32 Å². The number of benzene rings is 2. The van der Waals surface area contributed by atoms with E-state index in [9.17, 15) is 22.8 Å². The molecule has 2 N–H and O–H groups in total. The third-order valence-electron chi connectivity index (χ3n) is 3.71. The molecule has 0 saturated heterocycles. The normalized spacial score (nSPS) is 11.1. The number of carbonyl (C=O) groups excluding carboxylic acids is 2. The zero-order valence-electron chi connectivity index (χ0n) is 14.2. The Kier molecular flexibility index (Phi) is 6.38. The van der Waals surface area contributed by atoms with Gasteiger partial charge in [-0.05, 0) is 36.6 Å². The number of aryl methyl sites for hydroxylation is 2. The summed E-state index contributed by atoms with van der Waals surface area (Å²) in [6.07, 6.45) is -3.95. The molecule has 0 heterocycles. The summed E-state index contributed by atoms with van der Waals surface area (Å²) in [5, 5.41) is 4.52. The van der Waals surface area contributed by atoms with E-state index >= 15 is 0 Å². The van der Waals surface area contributed by atoms with Gasteiger partial charge in [-0.1, -0.05) is 42.0 Å². The van der Waals surface area contributed by atoms with Crippen LogP contribution in [0.4, 0.5) is 18.9 Å². The first-order valence-corrected chi connectivity index (χ1v) is 8.03. The van der Waals surface area contributed by atoms with Crippen LogP contribution in [0.2, 0.25) is 0 Å². The molecular formula is C19H19F3N2O2. The van der Waals surface area contributed by atoms with Crippen LogP contribution in [0.25, 0.3) is 0 Å². The highest BCUT2D eigenvalue weighted by Gasteiger charge is 2.38. The number of carbonyl (C=O) groups is 2. The highest BCUT2D eigenvalue weighted by molar-refractivity contribution is 5.90. The van der Waals surface area contributed by atoms with Gasteiger partial charge >= 0.3 is 12.1 Å². The van der Waals surface area contributed by atoms with Crippen LogP contribution in [-0.4, -0.2) is 18.0 Å². The quantitative estimate of drug-likeness (QED) is 0.820. The minimum absolute atomic E-state index is 0.149. The van der Waals surface area contributed by atoms with Crippen LogP contribution in [0, 0.1) is 6.92 Å². The van der Waals surface area contributed by atoms with Crippen LogP contribution in [0.3, 0.4) is 0 Å². The lowest BCUT2D eigenvalue weighted by Crippen LogP contribution is -2.36. The maximum Gasteiger partial charge on any atom is 0.471 e. The van der Waals surface area contributed by atoms with Crippen LogP contribution in [0.5, 0.6) is 0 Å². The van der Waals surface area contributed by atoms with Gasteiger partial charge in [0.1, 0.15) is 0 Å². The number of halogens is 3. The fourth-order valence-electron chi connectivity index (χ4n) is 2.22. The second-order valence-corrected chi connectivity index (χ2v) is 5.91. The maximum atomic E-state index is 12.1. The minimum atomic E-state index is -4.90. The molecule has 0 unspecified atom stereocenters. The molecule has 0 bridgehead atoms. The molecule has 138 valence electrons. The SMILES string of the molecule is Cc1ccc(CCC(=O)Nc2ccc(CNC(=O)C(F)(F)F)cc2)cc1. The summed E-state index contributed by atoms with van der Waals surface area (Å²) in [6.45, 7) is 1.76. The first-order valence-electron chi connectivity index (χ1n) is 8.03. The van der Waals surface area contributed by atoms with E-state index in [1.165, 1.54) is 0 Å². The predicted octanol–water partition coefficient (Wildman–Crippen LogP) is 3.74. The van der Waals surface area contributed by atoms with Crippen LogP contribution >= 0.6 is 0 Å². The van der Waals surface area contributed by atoms with Gasteiger partial charge in [0.15, 0.2) is 0 Å². The molecule has 0 aliphatic rings. The molecule has 26 heavy (non-hydrogen) atoms. The van der Waals surface area contributed by atoms with Crippen molar-refractivity contribution in [3.8, 4) is 0 Å².